The molecule has 1 N–H and O–H groups in total. The highest BCUT2D eigenvalue weighted by molar-refractivity contribution is 7.10. The average Bonchev–Trinajstić information content (AvgIpc) is 3.34. The molecule has 1 aromatic heterocycles. The van der Waals surface area contributed by atoms with Gasteiger partial charge in [0.2, 0.25) is 0 Å². The summed E-state index contributed by atoms with van der Waals surface area (Å²) in [7, 11) is 2.86. The van der Waals surface area contributed by atoms with Gasteiger partial charge in [-0.25, -0.2) is 0 Å². The SMILES string of the molecule is COc1cc(/C(O)=C2\C(=O)C(=O)N(c3ccc(Cl)cc3)C2c2sccc2C)c(OC)cc1Cl. The first-order valence-electron chi connectivity index (χ1n) is 9.81. The molecule has 0 spiro atoms. The Morgan fingerprint density at radius 2 is 1.70 bits per heavy atom. The third-order valence-electron chi connectivity index (χ3n) is 5.43. The summed E-state index contributed by atoms with van der Waals surface area (Å²) in [6.07, 6.45) is 0. The van der Waals surface area contributed by atoms with Crippen LogP contribution in [-0.4, -0.2) is 31.0 Å². The highest BCUT2D eigenvalue weighted by Gasteiger charge is 2.48. The summed E-state index contributed by atoms with van der Waals surface area (Å²) in [5.74, 6) is -1.42. The van der Waals surface area contributed by atoms with Crippen molar-refractivity contribution in [2.75, 3.05) is 19.1 Å². The Kier molecular flexibility index (Phi) is 6.38. The lowest BCUT2D eigenvalue weighted by Crippen LogP contribution is -2.29. The summed E-state index contributed by atoms with van der Waals surface area (Å²) >= 11 is 13.6. The molecule has 33 heavy (non-hydrogen) atoms. The number of carbonyl (C=O) groups excluding carboxylic acids is 2. The van der Waals surface area contributed by atoms with E-state index < -0.39 is 17.7 Å². The van der Waals surface area contributed by atoms with Crippen molar-refractivity contribution in [1.82, 2.24) is 0 Å². The number of halogens is 2. The number of rotatable bonds is 5. The van der Waals surface area contributed by atoms with Crippen LogP contribution >= 0.6 is 34.5 Å². The molecule has 1 fully saturated rings. The van der Waals surface area contributed by atoms with Crippen LogP contribution in [0.25, 0.3) is 5.76 Å². The van der Waals surface area contributed by atoms with E-state index in [2.05, 4.69) is 0 Å². The number of thiophene rings is 1. The number of aryl methyl sites for hydroxylation is 1. The number of methoxy groups -OCH3 is 2. The van der Waals surface area contributed by atoms with Crippen LogP contribution in [-0.2, 0) is 9.59 Å². The normalized spacial score (nSPS) is 17.5. The summed E-state index contributed by atoms with van der Waals surface area (Å²) in [6, 6.07) is 10.6. The first kappa shape index (κ1) is 23.2. The molecule has 1 aliphatic heterocycles. The van der Waals surface area contributed by atoms with Crippen molar-refractivity contribution in [2.45, 2.75) is 13.0 Å². The number of benzene rings is 2. The number of Topliss-reactive ketones (excluding diaryl/α,β-unsaturated/α-hetero) is 1. The highest BCUT2D eigenvalue weighted by atomic mass is 35.5. The van der Waals surface area contributed by atoms with E-state index >= 15 is 0 Å². The number of hydrogen-bond donors (Lipinski definition) is 1. The number of aliphatic hydroxyl groups is 1. The third kappa shape index (κ3) is 3.97. The minimum Gasteiger partial charge on any atom is -0.507 e. The zero-order chi connectivity index (χ0) is 23.9. The number of carbonyl (C=O) groups is 2. The van der Waals surface area contributed by atoms with Gasteiger partial charge in [0.25, 0.3) is 11.7 Å². The molecule has 4 rings (SSSR count). The van der Waals surface area contributed by atoms with Crippen LogP contribution in [0.2, 0.25) is 10.0 Å². The molecule has 2 heterocycles. The molecule has 1 amide bonds. The summed E-state index contributed by atoms with van der Waals surface area (Å²) < 4.78 is 10.7. The van der Waals surface area contributed by atoms with Gasteiger partial charge >= 0.3 is 0 Å². The number of aliphatic hydroxyl groups excluding tert-OH is 1. The Morgan fingerprint density at radius 1 is 1.03 bits per heavy atom. The zero-order valence-corrected chi connectivity index (χ0v) is 20.2. The van der Waals surface area contributed by atoms with Crippen LogP contribution in [0.15, 0.2) is 53.4 Å². The number of amides is 1. The van der Waals surface area contributed by atoms with Crippen LogP contribution in [0.3, 0.4) is 0 Å². The summed E-state index contributed by atoms with van der Waals surface area (Å²) in [4.78, 5) is 28.6. The second kappa shape index (κ2) is 9.09. The topological polar surface area (TPSA) is 76.1 Å². The molecule has 0 bridgehead atoms. The molecule has 0 saturated carbocycles. The van der Waals surface area contributed by atoms with E-state index in [-0.39, 0.29) is 33.4 Å². The summed E-state index contributed by atoms with van der Waals surface area (Å²) in [5.41, 5.74) is 1.51. The molecule has 0 aliphatic carbocycles. The Morgan fingerprint density at radius 3 is 2.27 bits per heavy atom. The van der Waals surface area contributed by atoms with Gasteiger partial charge in [-0.2, -0.15) is 0 Å². The molecule has 1 aliphatic rings. The average molecular weight is 504 g/mol. The maximum absolute atomic E-state index is 13.3. The predicted molar refractivity (Wildman–Crippen MR) is 130 cm³/mol. The van der Waals surface area contributed by atoms with Crippen molar-refractivity contribution in [3.8, 4) is 11.5 Å². The Balaban J connectivity index is 1.99. The zero-order valence-electron chi connectivity index (χ0n) is 17.9. The van der Waals surface area contributed by atoms with Gasteiger partial charge in [-0.15, -0.1) is 11.3 Å². The quantitative estimate of drug-likeness (QED) is 0.262. The number of ketones is 1. The van der Waals surface area contributed by atoms with Crippen LogP contribution in [0, 0.1) is 6.92 Å². The fourth-order valence-electron chi connectivity index (χ4n) is 3.80. The number of nitrogens with zero attached hydrogens (tertiary/aromatic N) is 1. The van der Waals surface area contributed by atoms with Crippen molar-refractivity contribution in [3.63, 3.8) is 0 Å². The lowest BCUT2D eigenvalue weighted by Gasteiger charge is -2.25. The van der Waals surface area contributed by atoms with Crippen molar-refractivity contribution in [2.24, 2.45) is 0 Å². The molecule has 6 nitrogen and oxygen atoms in total. The maximum Gasteiger partial charge on any atom is 0.300 e. The van der Waals surface area contributed by atoms with Crippen molar-refractivity contribution < 1.29 is 24.2 Å². The van der Waals surface area contributed by atoms with Gasteiger partial charge in [0.05, 0.1) is 30.4 Å². The Labute approximate surface area is 204 Å². The van der Waals surface area contributed by atoms with Gasteiger partial charge < -0.3 is 14.6 Å². The minimum atomic E-state index is -0.836. The molecular formula is C24H19Cl2NO5S. The number of hydrogen-bond acceptors (Lipinski definition) is 6. The predicted octanol–water partition coefficient (Wildman–Crippen LogP) is 6.01. The van der Waals surface area contributed by atoms with E-state index in [1.165, 1.54) is 42.6 Å². The Hall–Kier alpha value is -3.00. The van der Waals surface area contributed by atoms with Gasteiger partial charge in [0.15, 0.2) is 0 Å². The molecule has 1 unspecified atom stereocenters. The molecule has 1 atom stereocenters. The van der Waals surface area contributed by atoms with Crippen LogP contribution < -0.4 is 14.4 Å². The van der Waals surface area contributed by atoms with Gasteiger partial charge in [-0.05, 0) is 54.3 Å². The van der Waals surface area contributed by atoms with Crippen LogP contribution in [0.4, 0.5) is 5.69 Å². The highest BCUT2D eigenvalue weighted by Crippen LogP contribution is 2.46. The largest absolute Gasteiger partial charge is 0.507 e. The molecule has 3 aromatic rings. The van der Waals surface area contributed by atoms with E-state index in [0.29, 0.717) is 10.7 Å². The second-order valence-corrected chi connectivity index (χ2v) is 9.09. The Bertz CT molecular complexity index is 1280. The fraction of sp³-hybridized carbons (Fsp3) is 0.167. The van der Waals surface area contributed by atoms with E-state index in [4.69, 9.17) is 32.7 Å². The van der Waals surface area contributed by atoms with E-state index in [9.17, 15) is 14.7 Å². The number of anilines is 1. The van der Waals surface area contributed by atoms with Gasteiger partial charge in [0.1, 0.15) is 23.3 Å². The number of ether oxygens (including phenoxy) is 2. The van der Waals surface area contributed by atoms with Crippen molar-refractivity contribution in [1.29, 1.82) is 0 Å². The molecule has 2 aromatic carbocycles. The molecule has 0 radical (unpaired) electrons. The van der Waals surface area contributed by atoms with E-state index in [1.54, 1.807) is 24.3 Å². The van der Waals surface area contributed by atoms with E-state index in [0.717, 1.165) is 10.4 Å². The third-order valence-corrected chi connectivity index (χ3v) is 7.05. The molecule has 9 heteroatoms. The lowest BCUT2D eigenvalue weighted by molar-refractivity contribution is -0.132. The summed E-state index contributed by atoms with van der Waals surface area (Å²) in [6.45, 7) is 1.89. The monoisotopic (exact) mass is 503 g/mol. The van der Waals surface area contributed by atoms with Gasteiger partial charge in [-0.1, -0.05) is 23.2 Å². The molecule has 1 saturated heterocycles. The standard InChI is InChI=1S/C24H19Cl2NO5S/c1-12-8-9-33-23(12)20-19(21(28)15-10-18(32-3)16(26)11-17(15)31-2)22(29)24(30)27(20)14-6-4-13(25)5-7-14/h4-11,20,28H,1-3H3/b21-19+. The smallest absolute Gasteiger partial charge is 0.300 e. The van der Waals surface area contributed by atoms with Gasteiger partial charge in [-0.3, -0.25) is 14.5 Å². The van der Waals surface area contributed by atoms with E-state index in [1.807, 2.05) is 18.4 Å². The fourth-order valence-corrected chi connectivity index (χ4v) is 5.19. The summed E-state index contributed by atoms with van der Waals surface area (Å²) in [5, 5.41) is 14.0. The lowest BCUT2D eigenvalue weighted by atomic mass is 9.97. The second-order valence-electron chi connectivity index (χ2n) is 7.30. The molecular weight excluding hydrogens is 485 g/mol. The minimum absolute atomic E-state index is 0.0526. The first-order chi connectivity index (χ1) is 15.8. The van der Waals surface area contributed by atoms with Gasteiger partial charge in [0, 0.05) is 21.7 Å². The van der Waals surface area contributed by atoms with Crippen LogP contribution in [0.1, 0.15) is 22.0 Å². The van der Waals surface area contributed by atoms with Crippen molar-refractivity contribution in [3.05, 3.63) is 79.5 Å². The van der Waals surface area contributed by atoms with Crippen molar-refractivity contribution >= 4 is 57.7 Å². The first-order valence-corrected chi connectivity index (χ1v) is 11.4. The molecule has 170 valence electrons. The maximum atomic E-state index is 13.3. The van der Waals surface area contributed by atoms with Crippen LogP contribution in [0.5, 0.6) is 11.5 Å².